The smallest absolute Gasteiger partial charge is 0.256 e. The first-order valence-electron chi connectivity index (χ1n) is 9.39. The number of carbonyl (C=O) groups excluding carboxylic acids is 1. The number of aromatic nitrogens is 2. The van der Waals surface area contributed by atoms with Gasteiger partial charge in [0.1, 0.15) is 5.15 Å². The second kappa shape index (κ2) is 7.98. The van der Waals surface area contributed by atoms with Gasteiger partial charge in [-0.2, -0.15) is 5.10 Å². The van der Waals surface area contributed by atoms with E-state index in [9.17, 15) is 4.79 Å². The Kier molecular flexibility index (Phi) is 5.42. The highest BCUT2D eigenvalue weighted by atomic mass is 35.5. The zero-order valence-corrected chi connectivity index (χ0v) is 17.1. The lowest BCUT2D eigenvalue weighted by Crippen LogP contribution is -2.31. The third-order valence-corrected chi connectivity index (χ3v) is 6.00. The van der Waals surface area contributed by atoms with E-state index in [0.29, 0.717) is 28.0 Å². The number of nitrogens with zero attached hydrogens (tertiary/aromatic N) is 2. The second-order valence-electron chi connectivity index (χ2n) is 7.12. The molecule has 0 saturated carbocycles. The van der Waals surface area contributed by atoms with Crippen LogP contribution in [0.4, 0.5) is 0 Å². The number of halogens is 2. The molecule has 1 aliphatic carbocycles. The summed E-state index contributed by atoms with van der Waals surface area (Å²) in [5, 5.41) is 8.61. The van der Waals surface area contributed by atoms with Crippen molar-refractivity contribution < 1.29 is 4.79 Å². The molecule has 0 aliphatic heterocycles. The Bertz CT molecular complexity index is 1030. The second-order valence-corrected chi connectivity index (χ2v) is 7.88. The van der Waals surface area contributed by atoms with Gasteiger partial charge in [0, 0.05) is 5.02 Å². The van der Waals surface area contributed by atoms with Crippen molar-refractivity contribution in [3.8, 4) is 0 Å². The maximum atomic E-state index is 13.0. The molecule has 3 aromatic rings. The number of hydrogen-bond donors (Lipinski definition) is 1. The standard InChI is InChI=1S/C22H21Cl2N3O/c1-14-20(21(24)27(26-14)13-16-8-3-5-11-18(16)23)22(28)25-19-12-6-9-15-7-2-4-10-17(15)19/h2-5,7-8,10-11,19H,6,9,12-13H2,1H3,(H,25,28). The number of aryl methyl sites for hydroxylation is 2. The van der Waals surface area contributed by atoms with Gasteiger partial charge in [0.25, 0.3) is 5.91 Å². The summed E-state index contributed by atoms with van der Waals surface area (Å²) in [6.07, 6.45) is 3.03. The fourth-order valence-electron chi connectivity index (χ4n) is 3.84. The first kappa shape index (κ1) is 19.0. The van der Waals surface area contributed by atoms with Crippen molar-refractivity contribution in [1.82, 2.24) is 15.1 Å². The van der Waals surface area contributed by atoms with E-state index < -0.39 is 0 Å². The van der Waals surface area contributed by atoms with Crippen molar-refractivity contribution in [1.29, 1.82) is 0 Å². The molecule has 1 atom stereocenters. The molecule has 0 fully saturated rings. The SMILES string of the molecule is Cc1nn(Cc2ccccc2Cl)c(Cl)c1C(=O)NC1CCCc2ccccc21. The summed E-state index contributed by atoms with van der Waals surface area (Å²) in [5.74, 6) is -0.186. The molecular formula is C22H21Cl2N3O. The first-order chi connectivity index (χ1) is 13.5. The lowest BCUT2D eigenvalue weighted by Gasteiger charge is -2.26. The van der Waals surface area contributed by atoms with Gasteiger partial charge in [-0.1, -0.05) is 65.7 Å². The van der Waals surface area contributed by atoms with Crippen LogP contribution in [0.5, 0.6) is 0 Å². The highest BCUT2D eigenvalue weighted by Gasteiger charge is 2.26. The Hall–Kier alpha value is -2.30. The lowest BCUT2D eigenvalue weighted by atomic mass is 9.87. The number of hydrogen-bond acceptors (Lipinski definition) is 2. The minimum atomic E-state index is -0.186. The minimum Gasteiger partial charge on any atom is -0.345 e. The summed E-state index contributed by atoms with van der Waals surface area (Å²) in [6, 6.07) is 15.8. The number of fused-ring (bicyclic) bond motifs is 1. The van der Waals surface area contributed by atoms with E-state index in [1.165, 1.54) is 11.1 Å². The van der Waals surface area contributed by atoms with Crippen LogP contribution in [0.15, 0.2) is 48.5 Å². The van der Waals surface area contributed by atoms with E-state index in [4.69, 9.17) is 23.2 Å². The maximum absolute atomic E-state index is 13.0. The summed E-state index contributed by atoms with van der Waals surface area (Å²) in [5.41, 5.74) is 4.44. The Morgan fingerprint density at radius 1 is 1.18 bits per heavy atom. The zero-order chi connectivity index (χ0) is 19.7. The summed E-state index contributed by atoms with van der Waals surface area (Å²) >= 11 is 12.8. The molecule has 0 radical (unpaired) electrons. The average Bonchev–Trinajstić information content (AvgIpc) is 2.97. The summed E-state index contributed by atoms with van der Waals surface area (Å²) < 4.78 is 1.63. The summed E-state index contributed by atoms with van der Waals surface area (Å²) in [4.78, 5) is 13.0. The van der Waals surface area contributed by atoms with Crippen molar-refractivity contribution in [3.63, 3.8) is 0 Å². The van der Waals surface area contributed by atoms with Crippen LogP contribution in [0.2, 0.25) is 10.2 Å². The molecule has 1 aliphatic rings. The monoisotopic (exact) mass is 413 g/mol. The van der Waals surface area contributed by atoms with Gasteiger partial charge in [-0.05, 0) is 48.9 Å². The molecule has 4 nitrogen and oxygen atoms in total. The molecule has 1 amide bonds. The maximum Gasteiger partial charge on any atom is 0.256 e. The van der Waals surface area contributed by atoms with Crippen molar-refractivity contribution in [2.24, 2.45) is 0 Å². The minimum absolute atomic E-state index is 0.000153. The van der Waals surface area contributed by atoms with Gasteiger partial charge in [0.15, 0.2) is 0 Å². The lowest BCUT2D eigenvalue weighted by molar-refractivity contribution is 0.0932. The average molecular weight is 414 g/mol. The van der Waals surface area contributed by atoms with Crippen LogP contribution >= 0.6 is 23.2 Å². The Balaban J connectivity index is 1.58. The van der Waals surface area contributed by atoms with Crippen LogP contribution in [0.3, 0.4) is 0 Å². The first-order valence-corrected chi connectivity index (χ1v) is 10.1. The van der Waals surface area contributed by atoms with Gasteiger partial charge in [0.05, 0.1) is 23.8 Å². The molecule has 4 rings (SSSR count). The highest BCUT2D eigenvalue weighted by molar-refractivity contribution is 6.33. The molecule has 1 unspecified atom stereocenters. The molecule has 1 heterocycles. The van der Waals surface area contributed by atoms with Crippen LogP contribution in [0, 0.1) is 6.92 Å². The van der Waals surface area contributed by atoms with Crippen LogP contribution in [0.25, 0.3) is 0 Å². The number of amides is 1. The van der Waals surface area contributed by atoms with Crippen molar-refractivity contribution in [2.75, 3.05) is 0 Å². The van der Waals surface area contributed by atoms with Gasteiger partial charge in [-0.3, -0.25) is 4.79 Å². The number of rotatable bonds is 4. The van der Waals surface area contributed by atoms with Crippen LogP contribution in [-0.4, -0.2) is 15.7 Å². The van der Waals surface area contributed by atoms with E-state index >= 15 is 0 Å². The van der Waals surface area contributed by atoms with Gasteiger partial charge >= 0.3 is 0 Å². The Morgan fingerprint density at radius 3 is 2.75 bits per heavy atom. The van der Waals surface area contributed by atoms with E-state index in [2.05, 4.69) is 22.5 Å². The van der Waals surface area contributed by atoms with Gasteiger partial charge in [0.2, 0.25) is 0 Å². The largest absolute Gasteiger partial charge is 0.345 e. The van der Waals surface area contributed by atoms with Crippen LogP contribution in [-0.2, 0) is 13.0 Å². The zero-order valence-electron chi connectivity index (χ0n) is 15.6. The molecule has 0 bridgehead atoms. The predicted molar refractivity (Wildman–Crippen MR) is 112 cm³/mol. The fraction of sp³-hybridized carbons (Fsp3) is 0.273. The highest BCUT2D eigenvalue weighted by Crippen LogP contribution is 2.30. The van der Waals surface area contributed by atoms with Gasteiger partial charge < -0.3 is 5.32 Å². The topological polar surface area (TPSA) is 46.9 Å². The number of carbonyl (C=O) groups is 1. The van der Waals surface area contributed by atoms with Crippen molar-refractivity contribution in [3.05, 3.63) is 86.7 Å². The molecule has 6 heteroatoms. The molecule has 1 N–H and O–H groups in total. The molecule has 0 saturated heterocycles. The molecule has 2 aromatic carbocycles. The molecule has 0 spiro atoms. The van der Waals surface area contributed by atoms with E-state index in [1.54, 1.807) is 11.6 Å². The van der Waals surface area contributed by atoms with E-state index in [-0.39, 0.29) is 11.9 Å². The molecular weight excluding hydrogens is 393 g/mol. The summed E-state index contributed by atoms with van der Waals surface area (Å²) in [7, 11) is 0. The van der Waals surface area contributed by atoms with E-state index in [1.807, 2.05) is 36.4 Å². The van der Waals surface area contributed by atoms with E-state index in [0.717, 1.165) is 24.8 Å². The van der Waals surface area contributed by atoms with Crippen molar-refractivity contribution >= 4 is 29.1 Å². The van der Waals surface area contributed by atoms with Gasteiger partial charge in [-0.15, -0.1) is 0 Å². The molecule has 144 valence electrons. The quantitative estimate of drug-likeness (QED) is 0.625. The van der Waals surface area contributed by atoms with Crippen molar-refractivity contribution in [2.45, 2.75) is 38.8 Å². The van der Waals surface area contributed by atoms with Crippen LogP contribution in [0.1, 0.15) is 51.6 Å². The fourth-order valence-corrected chi connectivity index (χ4v) is 4.35. The molecule has 28 heavy (non-hydrogen) atoms. The molecule has 1 aromatic heterocycles. The Morgan fingerprint density at radius 2 is 1.93 bits per heavy atom. The summed E-state index contributed by atoms with van der Waals surface area (Å²) in [6.45, 7) is 2.22. The Labute approximate surface area is 174 Å². The number of nitrogens with one attached hydrogen (secondary N) is 1. The third kappa shape index (κ3) is 3.67. The van der Waals surface area contributed by atoms with Gasteiger partial charge in [-0.25, -0.2) is 4.68 Å². The third-order valence-electron chi connectivity index (χ3n) is 5.25. The number of benzene rings is 2. The normalized spacial score (nSPS) is 15.9. The predicted octanol–water partition coefficient (Wildman–Crippen LogP) is 5.35. The van der Waals surface area contributed by atoms with Crippen LogP contribution < -0.4 is 5.32 Å².